The minimum atomic E-state index is 0.325. The molecule has 3 unspecified atom stereocenters. The van der Waals surface area contributed by atoms with Crippen molar-refractivity contribution in [1.82, 2.24) is 0 Å². The minimum Gasteiger partial charge on any atom is -0.388 e. The second-order valence-electron chi connectivity index (χ2n) is 7.79. The summed E-state index contributed by atoms with van der Waals surface area (Å²) in [6, 6.07) is 15.5. The second-order valence-corrected chi connectivity index (χ2v) is 7.79. The smallest absolute Gasteiger partial charge is 0.0441 e. The first-order valence-corrected chi connectivity index (χ1v) is 9.72. The summed E-state index contributed by atoms with van der Waals surface area (Å²) in [5, 5.41) is 3.20. The Labute approximate surface area is 157 Å². The molecular formula is C24H28N2. The van der Waals surface area contributed by atoms with Gasteiger partial charge in [-0.2, -0.15) is 0 Å². The zero-order chi connectivity index (χ0) is 18.1. The van der Waals surface area contributed by atoms with Gasteiger partial charge >= 0.3 is 0 Å². The maximum atomic E-state index is 4.91. The second kappa shape index (κ2) is 7.11. The van der Waals surface area contributed by atoms with Crippen LogP contribution in [0, 0.1) is 25.7 Å². The summed E-state index contributed by atoms with van der Waals surface area (Å²) < 4.78 is 0. The van der Waals surface area contributed by atoms with E-state index in [9.17, 15) is 0 Å². The molecule has 0 spiro atoms. The highest BCUT2D eigenvalue weighted by molar-refractivity contribution is 5.62. The summed E-state index contributed by atoms with van der Waals surface area (Å²) in [6.07, 6.45) is 8.09. The molecular weight excluding hydrogens is 316 g/mol. The van der Waals surface area contributed by atoms with E-state index in [-0.39, 0.29) is 0 Å². The summed E-state index contributed by atoms with van der Waals surface area (Å²) in [6.45, 7) is 4.46. The number of hydrogen-bond acceptors (Lipinski definition) is 2. The van der Waals surface area contributed by atoms with Crippen molar-refractivity contribution in [3.8, 4) is 0 Å². The van der Waals surface area contributed by atoms with E-state index in [1.54, 1.807) is 0 Å². The molecule has 2 aromatic carbocycles. The fourth-order valence-corrected chi connectivity index (χ4v) is 4.08. The van der Waals surface area contributed by atoms with Crippen molar-refractivity contribution in [2.75, 3.05) is 12.4 Å². The van der Waals surface area contributed by atoms with Crippen molar-refractivity contribution >= 4 is 11.9 Å². The molecule has 2 heteroatoms. The van der Waals surface area contributed by atoms with E-state index in [0.29, 0.717) is 5.92 Å². The van der Waals surface area contributed by atoms with Crippen molar-refractivity contribution in [1.29, 1.82) is 0 Å². The molecule has 26 heavy (non-hydrogen) atoms. The topological polar surface area (TPSA) is 24.4 Å². The highest BCUT2D eigenvalue weighted by Gasteiger charge is 2.36. The van der Waals surface area contributed by atoms with E-state index in [1.807, 2.05) is 7.05 Å². The lowest BCUT2D eigenvalue weighted by molar-refractivity contribution is 0.759. The standard InChI is InChI=1S/C24H28N2/c1-16-5-4-6-22(17(16)2)23(13-18-7-9-21(25-3)10-8-18)24-15-20-14-19(20)11-12-26-24/h4-10,12,15,19-20,23,25H,11,13-14H2,1-3H3. The van der Waals surface area contributed by atoms with Gasteiger partial charge in [0, 0.05) is 30.6 Å². The first-order chi connectivity index (χ1) is 12.7. The normalized spacial score (nSPS) is 22.2. The number of hydrogen-bond donors (Lipinski definition) is 1. The van der Waals surface area contributed by atoms with Gasteiger partial charge in [-0.25, -0.2) is 0 Å². The molecule has 0 radical (unpaired) electrons. The highest BCUT2D eigenvalue weighted by Crippen LogP contribution is 2.46. The number of rotatable bonds is 5. The van der Waals surface area contributed by atoms with Crippen molar-refractivity contribution < 1.29 is 0 Å². The van der Waals surface area contributed by atoms with Gasteiger partial charge in [-0.1, -0.05) is 36.4 Å². The molecule has 2 aromatic rings. The van der Waals surface area contributed by atoms with Gasteiger partial charge in [0.15, 0.2) is 0 Å². The zero-order valence-corrected chi connectivity index (χ0v) is 16.0. The van der Waals surface area contributed by atoms with Crippen LogP contribution in [0.3, 0.4) is 0 Å². The lowest BCUT2D eigenvalue weighted by atomic mass is 9.85. The van der Waals surface area contributed by atoms with Gasteiger partial charge in [0.05, 0.1) is 0 Å². The number of benzene rings is 2. The Hall–Kier alpha value is -2.35. The molecule has 3 atom stereocenters. The molecule has 1 fully saturated rings. The lowest BCUT2D eigenvalue weighted by Crippen LogP contribution is -2.09. The number of fused-ring (bicyclic) bond motifs is 1. The quantitative estimate of drug-likeness (QED) is 0.743. The van der Waals surface area contributed by atoms with Gasteiger partial charge in [-0.05, 0) is 79.3 Å². The summed E-state index contributed by atoms with van der Waals surface area (Å²) in [5.41, 5.74) is 7.97. The van der Waals surface area contributed by atoms with Crippen LogP contribution in [0.4, 0.5) is 5.69 Å². The fourth-order valence-electron chi connectivity index (χ4n) is 4.08. The molecule has 2 aliphatic rings. The van der Waals surface area contributed by atoms with Gasteiger partial charge in [0.25, 0.3) is 0 Å². The SMILES string of the molecule is CNc1ccc(CC(C2=CC3CC3CC=N2)c2cccc(C)c2C)cc1. The predicted octanol–water partition coefficient (Wildman–Crippen LogP) is 5.67. The number of nitrogens with zero attached hydrogens (tertiary/aromatic N) is 1. The van der Waals surface area contributed by atoms with Crippen LogP contribution in [-0.4, -0.2) is 13.3 Å². The van der Waals surface area contributed by atoms with Crippen molar-refractivity contribution in [2.45, 2.75) is 39.0 Å². The van der Waals surface area contributed by atoms with Gasteiger partial charge in [0.1, 0.15) is 0 Å². The molecule has 1 heterocycles. The maximum Gasteiger partial charge on any atom is 0.0441 e. The number of anilines is 1. The molecule has 1 aliphatic heterocycles. The zero-order valence-electron chi connectivity index (χ0n) is 16.0. The Bertz CT molecular complexity index is 845. The van der Waals surface area contributed by atoms with Crippen LogP contribution in [0.25, 0.3) is 0 Å². The van der Waals surface area contributed by atoms with Crippen LogP contribution >= 0.6 is 0 Å². The Morgan fingerprint density at radius 1 is 1.12 bits per heavy atom. The average Bonchev–Trinajstić information content (AvgIpc) is 3.41. The number of allylic oxidation sites excluding steroid dienone is 2. The Morgan fingerprint density at radius 2 is 1.92 bits per heavy atom. The molecule has 1 N–H and O–H groups in total. The van der Waals surface area contributed by atoms with E-state index < -0.39 is 0 Å². The molecule has 1 aliphatic carbocycles. The Morgan fingerprint density at radius 3 is 2.69 bits per heavy atom. The molecule has 0 bridgehead atoms. The van der Waals surface area contributed by atoms with Crippen LogP contribution in [0.2, 0.25) is 0 Å². The summed E-state index contributed by atoms with van der Waals surface area (Å²) >= 11 is 0. The van der Waals surface area contributed by atoms with Crippen molar-refractivity contribution in [2.24, 2.45) is 16.8 Å². The Balaban J connectivity index is 1.72. The molecule has 1 saturated carbocycles. The number of nitrogens with one attached hydrogen (secondary N) is 1. The molecule has 0 saturated heterocycles. The monoisotopic (exact) mass is 344 g/mol. The lowest BCUT2D eigenvalue weighted by Gasteiger charge is -2.22. The van der Waals surface area contributed by atoms with E-state index in [2.05, 4.69) is 73.9 Å². The van der Waals surface area contributed by atoms with Crippen LogP contribution in [0.1, 0.15) is 41.0 Å². The Kier molecular flexibility index (Phi) is 4.67. The van der Waals surface area contributed by atoms with E-state index in [0.717, 1.165) is 30.4 Å². The summed E-state index contributed by atoms with van der Waals surface area (Å²) in [5.74, 6) is 1.91. The number of aryl methyl sites for hydroxylation is 1. The summed E-state index contributed by atoms with van der Waals surface area (Å²) in [4.78, 5) is 4.91. The molecule has 0 amide bonds. The third kappa shape index (κ3) is 3.46. The van der Waals surface area contributed by atoms with E-state index in [1.165, 1.54) is 34.4 Å². The highest BCUT2D eigenvalue weighted by atomic mass is 14.8. The first-order valence-electron chi connectivity index (χ1n) is 9.72. The maximum absolute atomic E-state index is 4.91. The summed E-state index contributed by atoms with van der Waals surface area (Å²) in [7, 11) is 1.96. The van der Waals surface area contributed by atoms with E-state index >= 15 is 0 Å². The molecule has 134 valence electrons. The number of aliphatic imine (C=N–C) groups is 1. The van der Waals surface area contributed by atoms with Crippen LogP contribution in [-0.2, 0) is 6.42 Å². The molecule has 4 rings (SSSR count). The fraction of sp³-hybridized carbons (Fsp3) is 0.375. The molecule has 2 nitrogen and oxygen atoms in total. The largest absolute Gasteiger partial charge is 0.388 e. The van der Waals surface area contributed by atoms with Gasteiger partial charge in [0.2, 0.25) is 0 Å². The van der Waals surface area contributed by atoms with Gasteiger partial charge in [-0.15, -0.1) is 0 Å². The van der Waals surface area contributed by atoms with Crippen LogP contribution in [0.15, 0.2) is 59.2 Å². The third-order valence-corrected chi connectivity index (χ3v) is 6.07. The van der Waals surface area contributed by atoms with Crippen molar-refractivity contribution in [3.05, 3.63) is 76.5 Å². The van der Waals surface area contributed by atoms with Crippen molar-refractivity contribution in [3.63, 3.8) is 0 Å². The first kappa shape index (κ1) is 17.1. The predicted molar refractivity (Wildman–Crippen MR) is 111 cm³/mol. The van der Waals surface area contributed by atoms with Crippen LogP contribution in [0.5, 0.6) is 0 Å². The molecule has 0 aromatic heterocycles. The third-order valence-electron chi connectivity index (χ3n) is 6.07. The minimum absolute atomic E-state index is 0.325. The van der Waals surface area contributed by atoms with E-state index in [4.69, 9.17) is 4.99 Å². The average molecular weight is 345 g/mol. The van der Waals surface area contributed by atoms with Gasteiger partial charge in [-0.3, -0.25) is 4.99 Å². The van der Waals surface area contributed by atoms with Crippen LogP contribution < -0.4 is 5.32 Å². The van der Waals surface area contributed by atoms with Gasteiger partial charge < -0.3 is 5.32 Å².